The van der Waals surface area contributed by atoms with Crippen LogP contribution in [0.1, 0.15) is 40.5 Å². The zero-order valence-corrected chi connectivity index (χ0v) is 15.1. The monoisotopic (exact) mass is 342 g/mol. The summed E-state index contributed by atoms with van der Waals surface area (Å²) < 4.78 is 0. The number of nitrogens with one attached hydrogen (secondary N) is 3. The second-order valence-corrected chi connectivity index (χ2v) is 6.40. The van der Waals surface area contributed by atoms with Gasteiger partial charge in [-0.3, -0.25) is 14.7 Å². The first-order valence-electron chi connectivity index (χ1n) is 8.59. The van der Waals surface area contributed by atoms with E-state index in [1.165, 1.54) is 5.56 Å². The summed E-state index contributed by atoms with van der Waals surface area (Å²) in [4.78, 5) is 24.2. The molecule has 0 saturated carbocycles. The Morgan fingerprint density at radius 1 is 1.24 bits per heavy atom. The van der Waals surface area contributed by atoms with Crippen molar-refractivity contribution in [2.24, 2.45) is 5.92 Å². The lowest BCUT2D eigenvalue weighted by atomic mass is 10.1. The molecular formula is C19H26N4O2. The van der Waals surface area contributed by atoms with Crippen molar-refractivity contribution in [3.05, 3.63) is 52.8 Å². The fraction of sp³-hybridized carbons (Fsp3) is 0.421. The van der Waals surface area contributed by atoms with E-state index in [0.717, 1.165) is 24.1 Å². The van der Waals surface area contributed by atoms with Crippen LogP contribution < -0.4 is 10.6 Å². The molecule has 134 valence electrons. The number of amides is 2. The second kappa shape index (κ2) is 9.01. The molecule has 0 radical (unpaired) electrons. The topological polar surface area (TPSA) is 86.9 Å². The highest BCUT2D eigenvalue weighted by Gasteiger charge is 2.14. The van der Waals surface area contributed by atoms with Crippen LogP contribution in [-0.2, 0) is 11.2 Å². The van der Waals surface area contributed by atoms with Crippen molar-refractivity contribution in [3.8, 4) is 0 Å². The lowest BCUT2D eigenvalue weighted by molar-refractivity contribution is -0.124. The summed E-state index contributed by atoms with van der Waals surface area (Å²) in [7, 11) is 0. The first kappa shape index (κ1) is 18.7. The van der Waals surface area contributed by atoms with Crippen LogP contribution in [0.25, 0.3) is 0 Å². The van der Waals surface area contributed by atoms with Gasteiger partial charge in [-0.15, -0.1) is 0 Å². The van der Waals surface area contributed by atoms with Gasteiger partial charge in [0, 0.05) is 24.3 Å². The molecule has 1 aromatic heterocycles. The van der Waals surface area contributed by atoms with Crippen molar-refractivity contribution in [2.75, 3.05) is 13.1 Å². The van der Waals surface area contributed by atoms with Gasteiger partial charge in [-0.2, -0.15) is 5.10 Å². The highest BCUT2D eigenvalue weighted by atomic mass is 16.2. The predicted octanol–water partition coefficient (Wildman–Crippen LogP) is 2.14. The fourth-order valence-electron chi connectivity index (χ4n) is 2.52. The van der Waals surface area contributed by atoms with Gasteiger partial charge >= 0.3 is 0 Å². The van der Waals surface area contributed by atoms with Crippen molar-refractivity contribution < 1.29 is 9.59 Å². The van der Waals surface area contributed by atoms with E-state index in [9.17, 15) is 9.59 Å². The van der Waals surface area contributed by atoms with E-state index in [4.69, 9.17) is 0 Å². The fourth-order valence-corrected chi connectivity index (χ4v) is 2.52. The Bertz CT molecular complexity index is 724. The van der Waals surface area contributed by atoms with Crippen molar-refractivity contribution in [1.82, 2.24) is 20.8 Å². The summed E-state index contributed by atoms with van der Waals surface area (Å²) in [5, 5.41) is 12.6. The average Bonchev–Trinajstić information content (AvgIpc) is 3.01. The maximum atomic E-state index is 12.1. The highest BCUT2D eigenvalue weighted by Crippen LogP contribution is 2.06. The van der Waals surface area contributed by atoms with E-state index in [-0.39, 0.29) is 17.7 Å². The minimum atomic E-state index is -0.274. The van der Waals surface area contributed by atoms with Crippen LogP contribution in [0.5, 0.6) is 0 Å². The van der Waals surface area contributed by atoms with Crippen molar-refractivity contribution in [1.29, 1.82) is 0 Å². The van der Waals surface area contributed by atoms with Crippen LogP contribution in [0, 0.1) is 19.8 Å². The van der Waals surface area contributed by atoms with Gasteiger partial charge in [-0.1, -0.05) is 24.6 Å². The second-order valence-electron chi connectivity index (χ2n) is 6.40. The van der Waals surface area contributed by atoms with Gasteiger partial charge in [-0.25, -0.2) is 0 Å². The Morgan fingerprint density at radius 3 is 2.72 bits per heavy atom. The summed E-state index contributed by atoms with van der Waals surface area (Å²) in [5.41, 5.74) is 3.89. The van der Waals surface area contributed by atoms with Crippen LogP contribution in [0.4, 0.5) is 0 Å². The normalized spacial score (nSPS) is 11.8. The van der Waals surface area contributed by atoms with Gasteiger partial charge in [0.05, 0.1) is 12.1 Å². The van der Waals surface area contributed by atoms with Crippen LogP contribution >= 0.6 is 0 Å². The third-order valence-electron chi connectivity index (χ3n) is 4.15. The third kappa shape index (κ3) is 5.74. The Hall–Kier alpha value is -2.63. The zero-order valence-electron chi connectivity index (χ0n) is 15.1. The number of carbonyl (C=O) groups excluding carboxylic acids is 2. The van der Waals surface area contributed by atoms with Crippen molar-refractivity contribution >= 4 is 11.8 Å². The number of hydrogen-bond acceptors (Lipinski definition) is 3. The molecule has 0 unspecified atom stereocenters. The first-order valence-corrected chi connectivity index (χ1v) is 8.59. The molecule has 2 rings (SSSR count). The number of benzene rings is 1. The lowest BCUT2D eigenvalue weighted by Gasteiger charge is -2.13. The molecule has 0 spiro atoms. The van der Waals surface area contributed by atoms with Crippen LogP contribution in [0.2, 0.25) is 0 Å². The van der Waals surface area contributed by atoms with Crippen LogP contribution in [0.15, 0.2) is 30.5 Å². The van der Waals surface area contributed by atoms with Gasteiger partial charge in [0.2, 0.25) is 5.91 Å². The molecule has 25 heavy (non-hydrogen) atoms. The summed E-state index contributed by atoms with van der Waals surface area (Å²) >= 11 is 0. The van der Waals surface area contributed by atoms with E-state index in [1.54, 1.807) is 6.07 Å². The number of nitrogens with zero attached hydrogens (tertiary/aromatic N) is 1. The molecule has 3 N–H and O–H groups in total. The van der Waals surface area contributed by atoms with E-state index in [1.807, 2.05) is 45.2 Å². The number of carbonyl (C=O) groups is 2. The molecule has 0 bridgehead atoms. The van der Waals surface area contributed by atoms with E-state index in [2.05, 4.69) is 20.8 Å². The Labute approximate surface area is 148 Å². The smallest absolute Gasteiger partial charge is 0.251 e. The van der Waals surface area contributed by atoms with Crippen LogP contribution in [0.3, 0.4) is 0 Å². The maximum absolute atomic E-state index is 12.1. The average molecular weight is 342 g/mol. The summed E-state index contributed by atoms with van der Waals surface area (Å²) in [6, 6.07) is 7.39. The largest absolute Gasteiger partial charge is 0.356 e. The molecule has 6 heteroatoms. The molecule has 0 aliphatic rings. The zero-order chi connectivity index (χ0) is 18.2. The standard InChI is InChI=1S/C19H26N4O2/c1-13-6-4-7-16(10-13)19(25)21-11-14(2)18(24)20-9-5-8-17-12-22-23-15(17)3/h4,6-7,10,12,14H,5,8-9,11H2,1-3H3,(H,20,24)(H,21,25)(H,22,23)/t14-/m0/s1. The number of aromatic amines is 1. The molecule has 1 atom stereocenters. The number of H-pyrrole nitrogens is 1. The number of rotatable bonds is 8. The summed E-state index contributed by atoms with van der Waals surface area (Å²) in [6.07, 6.45) is 3.55. The van der Waals surface area contributed by atoms with E-state index < -0.39 is 0 Å². The molecule has 6 nitrogen and oxygen atoms in total. The molecule has 0 saturated heterocycles. The van der Waals surface area contributed by atoms with Gasteiger partial charge in [-0.05, 0) is 44.4 Å². The van der Waals surface area contributed by atoms with Crippen LogP contribution in [-0.4, -0.2) is 35.1 Å². The minimum absolute atomic E-state index is 0.0477. The molecule has 1 heterocycles. The SMILES string of the molecule is Cc1cccc(C(=O)NC[C@H](C)C(=O)NCCCc2cn[nH]c2C)c1. The van der Waals surface area contributed by atoms with Gasteiger partial charge in [0.15, 0.2) is 0 Å². The molecule has 0 fully saturated rings. The Morgan fingerprint density at radius 2 is 2.04 bits per heavy atom. The highest BCUT2D eigenvalue weighted by molar-refractivity contribution is 5.94. The number of aromatic nitrogens is 2. The molecule has 1 aromatic carbocycles. The molecule has 0 aliphatic carbocycles. The maximum Gasteiger partial charge on any atom is 0.251 e. The lowest BCUT2D eigenvalue weighted by Crippen LogP contribution is -2.37. The van der Waals surface area contributed by atoms with Crippen molar-refractivity contribution in [3.63, 3.8) is 0 Å². The molecular weight excluding hydrogens is 316 g/mol. The first-order chi connectivity index (χ1) is 12.0. The molecule has 2 aromatic rings. The quantitative estimate of drug-likeness (QED) is 0.642. The Balaban J connectivity index is 1.67. The number of aryl methyl sites for hydroxylation is 3. The van der Waals surface area contributed by atoms with Crippen molar-refractivity contribution in [2.45, 2.75) is 33.6 Å². The summed E-state index contributed by atoms with van der Waals surface area (Å²) in [6.45, 7) is 6.67. The molecule has 2 amide bonds. The molecule has 0 aliphatic heterocycles. The minimum Gasteiger partial charge on any atom is -0.356 e. The van der Waals surface area contributed by atoms with E-state index >= 15 is 0 Å². The van der Waals surface area contributed by atoms with Gasteiger partial charge in [0.25, 0.3) is 5.91 Å². The van der Waals surface area contributed by atoms with Gasteiger partial charge in [0.1, 0.15) is 0 Å². The summed E-state index contributed by atoms with van der Waals surface area (Å²) in [5.74, 6) is -0.475. The predicted molar refractivity (Wildman–Crippen MR) is 97.3 cm³/mol. The van der Waals surface area contributed by atoms with E-state index in [0.29, 0.717) is 18.7 Å². The van der Waals surface area contributed by atoms with Gasteiger partial charge < -0.3 is 10.6 Å². The Kier molecular flexibility index (Phi) is 6.74. The third-order valence-corrected chi connectivity index (χ3v) is 4.15. The number of hydrogen-bond donors (Lipinski definition) is 3.